The smallest absolute Gasteiger partial charge is 0.264 e. The molecule has 0 amide bonds. The minimum Gasteiger partial charge on any atom is -0.311 e. The molecule has 0 atom stereocenters. The molecule has 0 unspecified atom stereocenters. The quantitative estimate of drug-likeness (QED) is 0.164. The van der Waals surface area contributed by atoms with Gasteiger partial charge in [0.2, 0.25) is 0 Å². The Kier molecular flexibility index (Phi) is 9.30. The number of rotatable bonds is 3. The lowest BCUT2D eigenvalue weighted by atomic mass is 9.36. The second-order valence-electron chi connectivity index (χ2n) is 23.5. The molecular formula is C59H65BN2S. The normalized spacial score (nSPS) is 16.4. The number of anilines is 6. The first kappa shape index (κ1) is 41.9. The molecule has 0 bridgehead atoms. The molecule has 1 aromatic heterocycles. The Morgan fingerprint density at radius 2 is 1.11 bits per heavy atom. The van der Waals surface area contributed by atoms with Gasteiger partial charge in [-0.25, -0.2) is 0 Å². The Hall–Kier alpha value is -5.06. The minimum atomic E-state index is -0.0190. The van der Waals surface area contributed by atoms with Crippen molar-refractivity contribution >= 4 is 78.0 Å². The lowest BCUT2D eigenvalue weighted by molar-refractivity contribution is 0.332. The number of thiophene rings is 1. The van der Waals surface area contributed by atoms with E-state index in [9.17, 15) is 0 Å². The van der Waals surface area contributed by atoms with Gasteiger partial charge in [-0.2, -0.15) is 0 Å². The van der Waals surface area contributed by atoms with Crippen LogP contribution in [0.4, 0.5) is 34.1 Å². The molecule has 3 heterocycles. The van der Waals surface area contributed by atoms with Crippen LogP contribution in [-0.4, -0.2) is 6.71 Å². The molecule has 0 radical (unpaired) electrons. The van der Waals surface area contributed by atoms with Gasteiger partial charge >= 0.3 is 0 Å². The topological polar surface area (TPSA) is 6.48 Å². The van der Waals surface area contributed by atoms with Crippen molar-refractivity contribution in [3.05, 3.63) is 149 Å². The molecule has 0 saturated carbocycles. The van der Waals surface area contributed by atoms with Gasteiger partial charge in [0.05, 0.1) is 11.4 Å². The first-order valence-corrected chi connectivity index (χ1v) is 24.2. The highest BCUT2D eigenvalue weighted by Crippen LogP contribution is 2.53. The van der Waals surface area contributed by atoms with Crippen LogP contribution >= 0.6 is 11.3 Å². The summed E-state index contributed by atoms with van der Waals surface area (Å²) in [5, 5.41) is 1.36. The summed E-state index contributed by atoms with van der Waals surface area (Å²) < 4.78 is 2.79. The fourth-order valence-corrected chi connectivity index (χ4v) is 12.1. The second-order valence-corrected chi connectivity index (χ2v) is 24.5. The summed E-state index contributed by atoms with van der Waals surface area (Å²) in [4.78, 5) is 5.32. The Balaban J connectivity index is 1.33. The van der Waals surface area contributed by atoms with Crippen LogP contribution in [0.25, 0.3) is 21.2 Å². The van der Waals surface area contributed by atoms with Crippen LogP contribution in [0.1, 0.15) is 136 Å². The van der Waals surface area contributed by atoms with Crippen molar-refractivity contribution in [2.45, 2.75) is 137 Å². The molecule has 4 heteroatoms. The predicted octanol–water partition coefficient (Wildman–Crippen LogP) is 15.2. The van der Waals surface area contributed by atoms with E-state index >= 15 is 0 Å². The maximum absolute atomic E-state index is 2.69. The molecular weight excluding hydrogens is 780 g/mol. The Morgan fingerprint density at radius 1 is 0.540 bits per heavy atom. The van der Waals surface area contributed by atoms with Gasteiger partial charge in [0, 0.05) is 43.2 Å². The molecule has 63 heavy (non-hydrogen) atoms. The lowest BCUT2D eigenvalue weighted by Gasteiger charge is -2.45. The Morgan fingerprint density at radius 3 is 1.76 bits per heavy atom. The summed E-state index contributed by atoms with van der Waals surface area (Å²) in [6, 6.07) is 45.5. The molecule has 7 aromatic rings. The minimum absolute atomic E-state index is 0.000655. The van der Waals surface area contributed by atoms with E-state index < -0.39 is 0 Å². The van der Waals surface area contributed by atoms with Crippen molar-refractivity contribution in [2.24, 2.45) is 0 Å². The van der Waals surface area contributed by atoms with Gasteiger partial charge in [-0.05, 0) is 151 Å². The maximum atomic E-state index is 2.69. The standard InChI is InChI=1S/C59H65BN2S/c1-36-30-49-52-50(31-36)62(47-25-20-38(55(2,3)4)32-42(47)37-18-16-15-17-19-37)48-26-21-40(57(8,9)10)34-46(48)60(52)54-53(43-33-39(56(5,6)7)22-27-51(43)63-54)61(49)41-23-24-44-45(35-41)59(13,14)29-28-58(44,11)12/h15-27,30-35H,28-29H2,1-14H3. The van der Waals surface area contributed by atoms with Crippen molar-refractivity contribution in [1.29, 1.82) is 0 Å². The highest BCUT2D eigenvalue weighted by atomic mass is 32.1. The van der Waals surface area contributed by atoms with Crippen LogP contribution in [0.2, 0.25) is 0 Å². The van der Waals surface area contributed by atoms with E-state index in [0.717, 1.165) is 0 Å². The van der Waals surface area contributed by atoms with Crippen molar-refractivity contribution in [2.75, 3.05) is 9.80 Å². The molecule has 0 saturated heterocycles. The highest BCUT2D eigenvalue weighted by Gasteiger charge is 2.47. The molecule has 10 rings (SSSR count). The van der Waals surface area contributed by atoms with E-state index in [2.05, 4.69) is 222 Å². The first-order chi connectivity index (χ1) is 29.5. The fourth-order valence-electron chi connectivity index (χ4n) is 10.8. The van der Waals surface area contributed by atoms with E-state index in [1.165, 1.54) is 117 Å². The Labute approximate surface area is 382 Å². The van der Waals surface area contributed by atoms with Crippen LogP contribution in [0.15, 0.2) is 115 Å². The van der Waals surface area contributed by atoms with Gasteiger partial charge in [-0.1, -0.05) is 151 Å². The van der Waals surface area contributed by atoms with Crippen LogP contribution in [0, 0.1) is 6.92 Å². The first-order valence-electron chi connectivity index (χ1n) is 23.3. The van der Waals surface area contributed by atoms with Crippen LogP contribution in [0.5, 0.6) is 0 Å². The molecule has 2 aliphatic heterocycles. The molecule has 0 spiro atoms. The molecule has 6 aromatic carbocycles. The van der Waals surface area contributed by atoms with Crippen molar-refractivity contribution in [1.82, 2.24) is 0 Å². The summed E-state index contributed by atoms with van der Waals surface area (Å²) in [6.45, 7) is 33.3. The Bertz CT molecular complexity index is 2980. The van der Waals surface area contributed by atoms with Gasteiger partial charge in [0.15, 0.2) is 0 Å². The van der Waals surface area contributed by atoms with E-state index in [-0.39, 0.29) is 33.8 Å². The highest BCUT2D eigenvalue weighted by molar-refractivity contribution is 7.33. The third kappa shape index (κ3) is 6.72. The van der Waals surface area contributed by atoms with Gasteiger partial charge in [-0.3, -0.25) is 0 Å². The predicted molar refractivity (Wildman–Crippen MR) is 277 cm³/mol. The number of aryl methyl sites for hydroxylation is 1. The molecule has 0 N–H and O–H groups in total. The zero-order valence-corrected chi connectivity index (χ0v) is 41.1. The zero-order valence-electron chi connectivity index (χ0n) is 40.3. The third-order valence-electron chi connectivity index (χ3n) is 14.8. The van der Waals surface area contributed by atoms with Crippen molar-refractivity contribution in [3.63, 3.8) is 0 Å². The monoisotopic (exact) mass is 844 g/mol. The summed E-state index contributed by atoms with van der Waals surface area (Å²) in [6.07, 6.45) is 2.38. The molecule has 1 aliphatic carbocycles. The number of benzene rings is 6. The van der Waals surface area contributed by atoms with E-state index in [1.807, 2.05) is 11.3 Å². The van der Waals surface area contributed by atoms with Gasteiger partial charge in [-0.15, -0.1) is 11.3 Å². The fraction of sp³-hybridized carbons (Fsp3) is 0.356. The molecule has 3 aliphatic rings. The van der Waals surface area contributed by atoms with E-state index in [4.69, 9.17) is 0 Å². The molecule has 0 fully saturated rings. The number of nitrogens with zero attached hydrogens (tertiary/aromatic N) is 2. The number of hydrogen-bond acceptors (Lipinski definition) is 3. The van der Waals surface area contributed by atoms with Crippen LogP contribution < -0.4 is 25.5 Å². The van der Waals surface area contributed by atoms with Crippen molar-refractivity contribution in [3.8, 4) is 11.1 Å². The summed E-state index contributed by atoms with van der Waals surface area (Å²) in [5.41, 5.74) is 21.5. The summed E-state index contributed by atoms with van der Waals surface area (Å²) in [7, 11) is 0. The number of hydrogen-bond donors (Lipinski definition) is 0. The van der Waals surface area contributed by atoms with Gasteiger partial charge < -0.3 is 9.80 Å². The third-order valence-corrected chi connectivity index (χ3v) is 16.0. The van der Waals surface area contributed by atoms with Gasteiger partial charge in [0.1, 0.15) is 0 Å². The lowest BCUT2D eigenvalue weighted by Crippen LogP contribution is -2.60. The summed E-state index contributed by atoms with van der Waals surface area (Å²) in [5.74, 6) is 0. The SMILES string of the molecule is Cc1cc2c3c(c1)N(c1ccc4c(c1)C(C)(C)CCC4(C)C)c1c(sc4ccc(C(C)(C)C)cc14)B3c1cc(C(C)(C)C)ccc1N2c1ccc(C(C)(C)C)cc1-c1ccccc1. The van der Waals surface area contributed by atoms with Crippen molar-refractivity contribution < 1.29 is 0 Å². The van der Waals surface area contributed by atoms with Crippen LogP contribution in [0.3, 0.4) is 0 Å². The second kappa shape index (κ2) is 14.0. The average Bonchev–Trinajstić information content (AvgIpc) is 3.60. The summed E-state index contributed by atoms with van der Waals surface area (Å²) >= 11 is 2.01. The zero-order chi connectivity index (χ0) is 44.8. The molecule has 2 nitrogen and oxygen atoms in total. The number of fused-ring (bicyclic) bond motifs is 7. The maximum Gasteiger partial charge on any atom is 0.264 e. The van der Waals surface area contributed by atoms with Gasteiger partial charge in [0.25, 0.3) is 6.71 Å². The van der Waals surface area contributed by atoms with E-state index in [0.29, 0.717) is 0 Å². The largest absolute Gasteiger partial charge is 0.311 e. The molecule has 320 valence electrons. The van der Waals surface area contributed by atoms with E-state index in [1.54, 1.807) is 0 Å². The average molecular weight is 845 g/mol. The van der Waals surface area contributed by atoms with Crippen LogP contribution in [-0.2, 0) is 27.1 Å².